The maximum atomic E-state index is 2.60. The van der Waals surface area contributed by atoms with Crippen molar-refractivity contribution in [2.45, 2.75) is 40.5 Å². The van der Waals surface area contributed by atoms with Gasteiger partial charge in [-0.25, -0.2) is 0 Å². The van der Waals surface area contributed by atoms with Gasteiger partial charge in [0.05, 0.1) is 32.7 Å². The van der Waals surface area contributed by atoms with Crippen molar-refractivity contribution in [1.29, 1.82) is 0 Å². The molecule has 0 amide bonds. The second-order valence-electron chi connectivity index (χ2n) is 9.03. The van der Waals surface area contributed by atoms with E-state index in [0.717, 1.165) is 11.8 Å². The van der Waals surface area contributed by atoms with Gasteiger partial charge in [-0.05, 0) is 66.7 Å². The van der Waals surface area contributed by atoms with Gasteiger partial charge in [0, 0.05) is 5.69 Å². The second kappa shape index (κ2) is 5.91. The Labute approximate surface area is 147 Å². The highest BCUT2D eigenvalue weighted by atomic mass is 15.3. The van der Waals surface area contributed by atoms with Crippen LogP contribution in [0, 0.1) is 31.1 Å². The Kier molecular flexibility index (Phi) is 3.99. The number of piperazine rings is 1. The monoisotopic (exact) mass is 325 g/mol. The SMILES string of the molecule is Cc1ccc(C)c(N2CC[NH+](CC3=CC[C@@H]4C[C@H]3C4(C)C)CC2)c1. The fourth-order valence-corrected chi connectivity index (χ4v) is 5.27. The third-order valence-corrected chi connectivity index (χ3v) is 7.21. The first kappa shape index (κ1) is 16.2. The molecule has 0 radical (unpaired) electrons. The van der Waals surface area contributed by atoms with Gasteiger partial charge < -0.3 is 9.80 Å². The quantitative estimate of drug-likeness (QED) is 0.840. The van der Waals surface area contributed by atoms with Crippen LogP contribution < -0.4 is 9.80 Å². The van der Waals surface area contributed by atoms with Crippen LogP contribution in [-0.2, 0) is 0 Å². The molecule has 130 valence electrons. The Bertz CT molecular complexity index is 650. The number of anilines is 1. The Hall–Kier alpha value is -1.28. The number of fused-ring (bicyclic) bond motifs is 1. The number of hydrogen-bond acceptors (Lipinski definition) is 1. The minimum Gasteiger partial charge on any atom is -0.360 e. The van der Waals surface area contributed by atoms with Crippen molar-refractivity contribution < 1.29 is 4.90 Å². The summed E-state index contributed by atoms with van der Waals surface area (Å²) in [6.07, 6.45) is 5.38. The van der Waals surface area contributed by atoms with Gasteiger partial charge in [-0.2, -0.15) is 0 Å². The van der Waals surface area contributed by atoms with Crippen LogP contribution in [0.5, 0.6) is 0 Å². The maximum Gasteiger partial charge on any atom is 0.0991 e. The fraction of sp³-hybridized carbons (Fsp3) is 0.636. The summed E-state index contributed by atoms with van der Waals surface area (Å²) in [5.74, 6) is 1.84. The third-order valence-electron chi connectivity index (χ3n) is 7.21. The lowest BCUT2D eigenvalue weighted by atomic mass is 9.49. The summed E-state index contributed by atoms with van der Waals surface area (Å²) in [6.45, 7) is 15.7. The minimum absolute atomic E-state index is 0.573. The summed E-state index contributed by atoms with van der Waals surface area (Å²) in [4.78, 5) is 4.40. The van der Waals surface area contributed by atoms with E-state index < -0.39 is 0 Å². The number of quaternary nitrogens is 1. The highest BCUT2D eigenvalue weighted by molar-refractivity contribution is 5.55. The van der Waals surface area contributed by atoms with E-state index >= 15 is 0 Å². The third kappa shape index (κ3) is 2.69. The summed E-state index contributed by atoms with van der Waals surface area (Å²) in [7, 11) is 0. The maximum absolute atomic E-state index is 2.60. The van der Waals surface area contributed by atoms with Crippen LogP contribution in [0.1, 0.15) is 37.8 Å². The Balaban J connectivity index is 1.37. The molecule has 1 saturated heterocycles. The molecule has 1 N–H and O–H groups in total. The number of hydrogen-bond donors (Lipinski definition) is 1. The van der Waals surface area contributed by atoms with Crippen LogP contribution in [-0.4, -0.2) is 32.7 Å². The average Bonchev–Trinajstić information content (AvgIpc) is 2.58. The van der Waals surface area contributed by atoms with Crippen LogP contribution in [0.15, 0.2) is 29.8 Å². The topological polar surface area (TPSA) is 7.68 Å². The lowest BCUT2D eigenvalue weighted by Gasteiger charge is -2.56. The standard InChI is InChI=1S/C22H32N2/c1-16-5-6-17(2)21(13-16)24-11-9-23(10-12-24)15-18-7-8-19-14-20(18)22(19,3)4/h5-7,13,19-20H,8-12,14-15H2,1-4H3/p+1/t19-,20-/m1/s1. The Morgan fingerprint density at radius 2 is 1.92 bits per heavy atom. The van der Waals surface area contributed by atoms with Gasteiger partial charge in [-0.15, -0.1) is 0 Å². The normalized spacial score (nSPS) is 29.2. The number of nitrogens with zero attached hydrogens (tertiary/aromatic N) is 1. The van der Waals surface area contributed by atoms with E-state index in [4.69, 9.17) is 0 Å². The molecule has 1 aromatic rings. The van der Waals surface area contributed by atoms with Crippen molar-refractivity contribution in [3.05, 3.63) is 41.0 Å². The summed E-state index contributed by atoms with van der Waals surface area (Å²) in [5, 5.41) is 0. The number of nitrogens with one attached hydrogen (secondary N) is 1. The number of aryl methyl sites for hydroxylation is 2. The van der Waals surface area contributed by atoms with Gasteiger partial charge in [0.1, 0.15) is 0 Å². The molecule has 0 spiro atoms. The van der Waals surface area contributed by atoms with Crippen molar-refractivity contribution in [3.8, 4) is 0 Å². The number of rotatable bonds is 3. The molecule has 2 heteroatoms. The summed E-state index contributed by atoms with van der Waals surface area (Å²) in [6, 6.07) is 6.86. The second-order valence-corrected chi connectivity index (χ2v) is 9.03. The molecule has 1 aromatic carbocycles. The molecule has 2 fully saturated rings. The average molecular weight is 326 g/mol. The summed E-state index contributed by atoms with van der Waals surface area (Å²) in [5.41, 5.74) is 6.59. The lowest BCUT2D eigenvalue weighted by molar-refractivity contribution is -0.896. The lowest BCUT2D eigenvalue weighted by Crippen LogP contribution is -3.15. The van der Waals surface area contributed by atoms with E-state index in [0.29, 0.717) is 5.41 Å². The number of allylic oxidation sites excluding steroid dienone is 1. The largest absolute Gasteiger partial charge is 0.360 e. The van der Waals surface area contributed by atoms with E-state index in [-0.39, 0.29) is 0 Å². The molecule has 5 rings (SSSR count). The zero-order valence-corrected chi connectivity index (χ0v) is 15.9. The van der Waals surface area contributed by atoms with Gasteiger partial charge in [-0.3, -0.25) is 0 Å². The van der Waals surface area contributed by atoms with E-state index in [1.54, 1.807) is 10.5 Å². The van der Waals surface area contributed by atoms with Gasteiger partial charge >= 0.3 is 0 Å². The minimum atomic E-state index is 0.573. The molecule has 4 aliphatic rings. The Morgan fingerprint density at radius 3 is 2.58 bits per heavy atom. The van der Waals surface area contributed by atoms with E-state index in [1.807, 2.05) is 0 Å². The first-order chi connectivity index (χ1) is 11.4. The zero-order chi connectivity index (χ0) is 16.9. The van der Waals surface area contributed by atoms with Gasteiger partial charge in [0.25, 0.3) is 0 Å². The van der Waals surface area contributed by atoms with Crippen LogP contribution >= 0.6 is 0 Å². The van der Waals surface area contributed by atoms with Gasteiger partial charge in [0.15, 0.2) is 0 Å². The summed E-state index contributed by atoms with van der Waals surface area (Å²) < 4.78 is 0. The zero-order valence-electron chi connectivity index (χ0n) is 15.9. The van der Waals surface area contributed by atoms with E-state index in [1.165, 1.54) is 62.4 Å². The van der Waals surface area contributed by atoms with Crippen LogP contribution in [0.3, 0.4) is 0 Å². The molecule has 2 bridgehead atoms. The molecule has 2 nitrogen and oxygen atoms in total. The number of benzene rings is 1. The highest BCUT2D eigenvalue weighted by Gasteiger charge is 2.51. The van der Waals surface area contributed by atoms with Crippen molar-refractivity contribution in [1.82, 2.24) is 0 Å². The first-order valence-electron chi connectivity index (χ1n) is 9.80. The fourth-order valence-electron chi connectivity index (χ4n) is 5.27. The van der Waals surface area contributed by atoms with Crippen molar-refractivity contribution in [2.75, 3.05) is 37.6 Å². The molecule has 0 unspecified atom stereocenters. The van der Waals surface area contributed by atoms with Crippen molar-refractivity contribution in [3.63, 3.8) is 0 Å². The van der Waals surface area contributed by atoms with Crippen LogP contribution in [0.25, 0.3) is 0 Å². The molecular weight excluding hydrogens is 292 g/mol. The molecule has 1 aliphatic heterocycles. The van der Waals surface area contributed by atoms with E-state index in [2.05, 4.69) is 56.9 Å². The van der Waals surface area contributed by atoms with E-state index in [9.17, 15) is 0 Å². The molecule has 1 saturated carbocycles. The predicted molar refractivity (Wildman–Crippen MR) is 102 cm³/mol. The molecule has 3 aliphatic carbocycles. The molecule has 24 heavy (non-hydrogen) atoms. The van der Waals surface area contributed by atoms with Crippen LogP contribution in [0.4, 0.5) is 5.69 Å². The van der Waals surface area contributed by atoms with Gasteiger partial charge in [-0.1, -0.05) is 32.1 Å². The Morgan fingerprint density at radius 1 is 1.17 bits per heavy atom. The first-order valence-corrected chi connectivity index (χ1v) is 9.80. The molecule has 1 heterocycles. The van der Waals surface area contributed by atoms with Crippen LogP contribution in [0.2, 0.25) is 0 Å². The molecule has 2 atom stereocenters. The predicted octanol–water partition coefficient (Wildman–Crippen LogP) is 3.00. The summed E-state index contributed by atoms with van der Waals surface area (Å²) >= 11 is 0. The van der Waals surface area contributed by atoms with Gasteiger partial charge in [0.2, 0.25) is 0 Å². The smallest absolute Gasteiger partial charge is 0.0991 e. The van der Waals surface area contributed by atoms with Crippen molar-refractivity contribution in [2.24, 2.45) is 17.3 Å². The van der Waals surface area contributed by atoms with Crippen molar-refractivity contribution >= 4 is 5.69 Å². The molecular formula is C22H33N2+. The molecule has 0 aromatic heterocycles. The highest BCUT2D eigenvalue weighted by Crippen LogP contribution is 2.58.